The first-order valence-corrected chi connectivity index (χ1v) is 6.92. The van der Waals surface area contributed by atoms with Gasteiger partial charge in [0.2, 0.25) is 0 Å². The molecule has 1 aromatic rings. The van der Waals surface area contributed by atoms with E-state index in [2.05, 4.69) is 4.90 Å². The van der Waals surface area contributed by atoms with Crippen LogP contribution in [-0.2, 0) is 16.0 Å². The zero-order valence-corrected chi connectivity index (χ0v) is 12.6. The number of rotatable bonds is 10. The number of benzene rings is 1. The van der Waals surface area contributed by atoms with E-state index in [4.69, 9.17) is 19.5 Å². The minimum atomic E-state index is -1.67. The zero-order chi connectivity index (χ0) is 15.7. The van der Waals surface area contributed by atoms with Gasteiger partial charge in [-0.3, -0.25) is 4.90 Å². The molecule has 0 radical (unpaired) electrons. The van der Waals surface area contributed by atoms with Gasteiger partial charge in [0.25, 0.3) is 0 Å². The second kappa shape index (κ2) is 9.86. The number of nitrogens with zero attached hydrogens (tertiary/aromatic N) is 1. The monoisotopic (exact) mass is 299 g/mol. The van der Waals surface area contributed by atoms with E-state index in [1.165, 1.54) is 6.07 Å². The van der Waals surface area contributed by atoms with Crippen molar-refractivity contribution in [1.82, 2.24) is 4.90 Å². The van der Waals surface area contributed by atoms with Crippen molar-refractivity contribution in [2.45, 2.75) is 13.0 Å². The summed E-state index contributed by atoms with van der Waals surface area (Å²) in [5, 5.41) is 18.3. The molecule has 1 aromatic carbocycles. The van der Waals surface area contributed by atoms with Gasteiger partial charge in [-0.25, -0.2) is 4.39 Å². The molecule has 5 nitrogen and oxygen atoms in total. The van der Waals surface area contributed by atoms with E-state index in [1.807, 2.05) is 0 Å². The van der Waals surface area contributed by atoms with Gasteiger partial charge >= 0.3 is 7.12 Å². The molecule has 2 N–H and O–H groups in total. The smallest absolute Gasteiger partial charge is 0.423 e. The lowest BCUT2D eigenvalue weighted by Gasteiger charge is -2.22. The summed E-state index contributed by atoms with van der Waals surface area (Å²) in [6, 6.07) is 4.13. The molecule has 0 amide bonds. The number of hydrogen-bond acceptors (Lipinski definition) is 5. The summed E-state index contributed by atoms with van der Waals surface area (Å²) in [5.74, 6) is -0.473. The maximum atomic E-state index is 13.5. The SMILES string of the molecule is COCCCN(CCOC)Cc1cc(F)cc(B(O)O)c1. The van der Waals surface area contributed by atoms with Gasteiger partial charge in [0, 0.05) is 40.5 Å². The first-order valence-electron chi connectivity index (χ1n) is 6.92. The third kappa shape index (κ3) is 7.01. The Hall–Kier alpha value is -0.985. The second-order valence-corrected chi connectivity index (χ2v) is 4.88. The predicted molar refractivity (Wildman–Crippen MR) is 79.9 cm³/mol. The molecule has 7 heteroatoms. The van der Waals surface area contributed by atoms with Crippen LogP contribution >= 0.6 is 0 Å². The molecule has 0 saturated heterocycles. The Labute approximate surface area is 125 Å². The van der Waals surface area contributed by atoms with Crippen molar-refractivity contribution in [2.24, 2.45) is 0 Å². The first kappa shape index (κ1) is 18.1. The Balaban J connectivity index is 2.71. The lowest BCUT2D eigenvalue weighted by molar-refractivity contribution is 0.129. The molecule has 0 unspecified atom stereocenters. The van der Waals surface area contributed by atoms with Crippen LogP contribution in [0.25, 0.3) is 0 Å². The van der Waals surface area contributed by atoms with Gasteiger partial charge < -0.3 is 19.5 Å². The summed E-state index contributed by atoms with van der Waals surface area (Å²) >= 11 is 0. The van der Waals surface area contributed by atoms with Crippen LogP contribution in [0, 0.1) is 5.82 Å². The first-order chi connectivity index (χ1) is 10.1. The molecule has 0 aliphatic carbocycles. The third-order valence-corrected chi connectivity index (χ3v) is 3.12. The average molecular weight is 299 g/mol. The lowest BCUT2D eigenvalue weighted by atomic mass is 9.79. The Kier molecular flexibility index (Phi) is 8.48. The molecule has 0 heterocycles. The van der Waals surface area contributed by atoms with Gasteiger partial charge in [-0.2, -0.15) is 0 Å². The van der Waals surface area contributed by atoms with Gasteiger partial charge in [0.15, 0.2) is 0 Å². The van der Waals surface area contributed by atoms with Gasteiger partial charge in [0.1, 0.15) is 5.82 Å². The fraction of sp³-hybridized carbons (Fsp3) is 0.571. The van der Waals surface area contributed by atoms with E-state index < -0.39 is 12.9 Å². The Morgan fingerprint density at radius 3 is 2.43 bits per heavy atom. The molecular formula is C14H23BFNO4. The van der Waals surface area contributed by atoms with Gasteiger partial charge in [-0.1, -0.05) is 6.07 Å². The summed E-state index contributed by atoms with van der Waals surface area (Å²) < 4.78 is 23.6. The molecule has 0 spiro atoms. The highest BCUT2D eigenvalue weighted by molar-refractivity contribution is 6.58. The minimum Gasteiger partial charge on any atom is -0.423 e. The van der Waals surface area contributed by atoms with Crippen molar-refractivity contribution in [3.8, 4) is 0 Å². The highest BCUT2D eigenvalue weighted by atomic mass is 19.1. The van der Waals surface area contributed by atoms with Crippen molar-refractivity contribution in [3.05, 3.63) is 29.6 Å². The molecule has 0 saturated carbocycles. The fourth-order valence-electron chi connectivity index (χ4n) is 2.10. The molecule has 118 valence electrons. The third-order valence-electron chi connectivity index (χ3n) is 3.12. The van der Waals surface area contributed by atoms with Crippen LogP contribution in [0.5, 0.6) is 0 Å². The van der Waals surface area contributed by atoms with Crippen LogP contribution in [0.2, 0.25) is 0 Å². The summed E-state index contributed by atoms with van der Waals surface area (Å²) in [5.41, 5.74) is 0.861. The zero-order valence-electron chi connectivity index (χ0n) is 12.6. The summed E-state index contributed by atoms with van der Waals surface area (Å²) in [6.45, 7) is 3.27. The Morgan fingerprint density at radius 2 is 1.81 bits per heavy atom. The fourth-order valence-corrected chi connectivity index (χ4v) is 2.10. The van der Waals surface area contributed by atoms with Crippen LogP contribution in [0.15, 0.2) is 18.2 Å². The van der Waals surface area contributed by atoms with Crippen LogP contribution in [0.1, 0.15) is 12.0 Å². The standard InChI is InChI=1S/C14H23BFNO4/c1-20-6-3-4-17(5-7-21-2)11-12-8-13(15(18)19)10-14(16)9-12/h8-10,18-19H,3-7,11H2,1-2H3. The average Bonchev–Trinajstić information content (AvgIpc) is 2.44. The number of hydrogen-bond donors (Lipinski definition) is 2. The van der Waals surface area contributed by atoms with Crippen molar-refractivity contribution >= 4 is 12.6 Å². The van der Waals surface area contributed by atoms with Crippen molar-refractivity contribution in [3.63, 3.8) is 0 Å². The van der Waals surface area contributed by atoms with E-state index in [-0.39, 0.29) is 5.46 Å². The molecule has 0 fully saturated rings. The lowest BCUT2D eigenvalue weighted by Crippen LogP contribution is -2.32. The molecule has 0 bridgehead atoms. The van der Waals surface area contributed by atoms with E-state index in [1.54, 1.807) is 20.3 Å². The maximum absolute atomic E-state index is 13.5. The summed E-state index contributed by atoms with van der Waals surface area (Å²) in [7, 11) is 1.62. The molecular weight excluding hydrogens is 276 g/mol. The molecule has 21 heavy (non-hydrogen) atoms. The highest BCUT2D eigenvalue weighted by Crippen LogP contribution is 2.07. The van der Waals surface area contributed by atoms with Crippen LogP contribution in [0.4, 0.5) is 4.39 Å². The summed E-state index contributed by atoms with van der Waals surface area (Å²) in [6.07, 6.45) is 0.866. The van der Waals surface area contributed by atoms with Crippen LogP contribution < -0.4 is 5.46 Å². The van der Waals surface area contributed by atoms with Gasteiger partial charge in [-0.05, 0) is 29.6 Å². The molecule has 0 aliphatic rings. The molecule has 0 aliphatic heterocycles. The van der Waals surface area contributed by atoms with E-state index in [0.717, 1.165) is 19.0 Å². The topological polar surface area (TPSA) is 62.2 Å². The molecule has 0 atom stereocenters. The predicted octanol–water partition coefficient (Wildman–Crippen LogP) is -0.00960. The molecule has 1 rings (SSSR count). The van der Waals surface area contributed by atoms with Crippen molar-refractivity contribution < 1.29 is 23.9 Å². The van der Waals surface area contributed by atoms with E-state index in [0.29, 0.717) is 31.9 Å². The quantitative estimate of drug-likeness (QED) is 0.470. The van der Waals surface area contributed by atoms with E-state index in [9.17, 15) is 4.39 Å². The van der Waals surface area contributed by atoms with Gasteiger partial charge in [-0.15, -0.1) is 0 Å². The Bertz CT molecular complexity index is 420. The number of ether oxygens (including phenoxy) is 2. The number of methoxy groups -OCH3 is 2. The molecule has 0 aromatic heterocycles. The summed E-state index contributed by atoms with van der Waals surface area (Å²) in [4.78, 5) is 2.12. The normalized spacial score (nSPS) is 11.1. The van der Waals surface area contributed by atoms with Crippen molar-refractivity contribution in [2.75, 3.05) is 40.5 Å². The van der Waals surface area contributed by atoms with Crippen LogP contribution in [0.3, 0.4) is 0 Å². The van der Waals surface area contributed by atoms with Crippen LogP contribution in [-0.4, -0.2) is 62.6 Å². The van der Waals surface area contributed by atoms with E-state index >= 15 is 0 Å². The van der Waals surface area contributed by atoms with Gasteiger partial charge in [0.05, 0.1) is 6.61 Å². The largest absolute Gasteiger partial charge is 0.488 e. The Morgan fingerprint density at radius 1 is 1.10 bits per heavy atom. The maximum Gasteiger partial charge on any atom is 0.488 e. The minimum absolute atomic E-state index is 0.161. The highest BCUT2D eigenvalue weighted by Gasteiger charge is 2.14. The number of halogens is 1. The van der Waals surface area contributed by atoms with Crippen molar-refractivity contribution in [1.29, 1.82) is 0 Å². The second-order valence-electron chi connectivity index (χ2n) is 4.88.